The molecule has 1 N–H and O–H groups in total. The number of amides is 2. The topological polar surface area (TPSA) is 90.9 Å². The predicted molar refractivity (Wildman–Crippen MR) is 114 cm³/mol. The Morgan fingerprint density at radius 2 is 2.00 bits per heavy atom. The molecule has 2 aliphatic heterocycles. The van der Waals surface area contributed by atoms with Gasteiger partial charge in [-0.25, -0.2) is 19.2 Å². The largest absolute Gasteiger partial charge is 0.442 e. The molecule has 1 atom stereocenters. The number of carbonyl (C=O) groups is 2. The molecule has 0 radical (unpaired) electrons. The smallest absolute Gasteiger partial charge is 0.414 e. The first-order valence-electron chi connectivity index (χ1n) is 9.91. The molecule has 1 aromatic carbocycles. The molecule has 0 bridgehead atoms. The third-order valence-corrected chi connectivity index (χ3v) is 5.42. The van der Waals surface area contributed by atoms with E-state index in [1.54, 1.807) is 24.4 Å². The molecule has 0 spiro atoms. The maximum atomic E-state index is 14.9. The minimum Gasteiger partial charge on any atom is -0.442 e. The number of benzene rings is 1. The highest BCUT2D eigenvalue weighted by molar-refractivity contribution is 6.29. The molecule has 2 aromatic rings. The van der Waals surface area contributed by atoms with Crippen molar-refractivity contribution >= 4 is 40.9 Å². The molecular formula is C20H22ClFN6O3. The molecule has 164 valence electrons. The number of nitrogens with one attached hydrogen (secondary N) is 1. The Hall–Kier alpha value is -3.14. The maximum absolute atomic E-state index is 14.9. The van der Waals surface area contributed by atoms with E-state index in [1.807, 2.05) is 9.80 Å². The first-order chi connectivity index (χ1) is 14.9. The van der Waals surface area contributed by atoms with Crippen molar-refractivity contribution in [3.63, 3.8) is 0 Å². The zero-order valence-corrected chi connectivity index (χ0v) is 17.7. The molecule has 9 nitrogen and oxygen atoms in total. The number of ether oxygens (including phenoxy) is 1. The maximum Gasteiger partial charge on any atom is 0.414 e. The number of anilines is 3. The van der Waals surface area contributed by atoms with Gasteiger partial charge in [-0.2, -0.15) is 0 Å². The van der Waals surface area contributed by atoms with E-state index in [-0.39, 0.29) is 19.0 Å². The van der Waals surface area contributed by atoms with Crippen LogP contribution in [0.2, 0.25) is 5.15 Å². The number of cyclic esters (lactones) is 1. The lowest BCUT2D eigenvalue weighted by Crippen LogP contribution is -2.47. The Kier molecular flexibility index (Phi) is 6.08. The van der Waals surface area contributed by atoms with E-state index < -0.39 is 18.0 Å². The SMILES string of the molecule is CC(=O)NC[C@H]1CN(c2ccc(N3CCN(c4nccc(Cl)n4)CC3)c(F)c2)C(=O)O1. The molecular weight excluding hydrogens is 427 g/mol. The lowest BCUT2D eigenvalue weighted by atomic mass is 10.2. The number of rotatable bonds is 5. The second-order valence-electron chi connectivity index (χ2n) is 7.34. The van der Waals surface area contributed by atoms with Gasteiger partial charge in [0, 0.05) is 39.3 Å². The number of hydrogen-bond donors (Lipinski definition) is 1. The predicted octanol–water partition coefficient (Wildman–Crippen LogP) is 2.06. The van der Waals surface area contributed by atoms with Gasteiger partial charge in [-0.15, -0.1) is 0 Å². The van der Waals surface area contributed by atoms with Gasteiger partial charge in [0.25, 0.3) is 0 Å². The fourth-order valence-corrected chi connectivity index (χ4v) is 3.78. The summed E-state index contributed by atoms with van der Waals surface area (Å²) in [6.07, 6.45) is 0.582. The molecule has 1 aromatic heterocycles. The summed E-state index contributed by atoms with van der Waals surface area (Å²) in [4.78, 5) is 37.0. The summed E-state index contributed by atoms with van der Waals surface area (Å²) < 4.78 is 20.1. The van der Waals surface area contributed by atoms with E-state index in [0.717, 1.165) is 0 Å². The quantitative estimate of drug-likeness (QED) is 0.700. The Morgan fingerprint density at radius 3 is 2.68 bits per heavy atom. The average molecular weight is 449 g/mol. The molecule has 31 heavy (non-hydrogen) atoms. The van der Waals surface area contributed by atoms with Gasteiger partial charge in [-0.3, -0.25) is 9.69 Å². The summed E-state index contributed by atoms with van der Waals surface area (Å²) in [6, 6.07) is 6.33. The molecule has 2 aliphatic rings. The lowest BCUT2D eigenvalue weighted by Gasteiger charge is -2.36. The first-order valence-corrected chi connectivity index (χ1v) is 10.3. The van der Waals surface area contributed by atoms with Gasteiger partial charge in [-0.05, 0) is 24.3 Å². The molecule has 3 heterocycles. The summed E-state index contributed by atoms with van der Waals surface area (Å²) in [7, 11) is 0. The summed E-state index contributed by atoms with van der Waals surface area (Å²) >= 11 is 5.94. The van der Waals surface area contributed by atoms with Gasteiger partial charge < -0.3 is 19.9 Å². The van der Waals surface area contributed by atoms with Crippen molar-refractivity contribution in [2.45, 2.75) is 13.0 Å². The van der Waals surface area contributed by atoms with Crippen molar-refractivity contribution in [3.05, 3.63) is 41.4 Å². The minimum absolute atomic E-state index is 0.202. The van der Waals surface area contributed by atoms with Gasteiger partial charge in [0.2, 0.25) is 11.9 Å². The Balaban J connectivity index is 1.39. The Labute approximate surface area is 183 Å². The summed E-state index contributed by atoms with van der Waals surface area (Å²) in [5.74, 6) is -0.0562. The van der Waals surface area contributed by atoms with Gasteiger partial charge in [-0.1, -0.05) is 11.6 Å². The van der Waals surface area contributed by atoms with Crippen LogP contribution in [0.4, 0.5) is 26.5 Å². The van der Waals surface area contributed by atoms with Crippen LogP contribution >= 0.6 is 11.6 Å². The average Bonchev–Trinajstić information content (AvgIpc) is 3.13. The van der Waals surface area contributed by atoms with Crippen molar-refractivity contribution in [2.24, 2.45) is 0 Å². The molecule has 4 rings (SSSR count). The number of hydrogen-bond acceptors (Lipinski definition) is 7. The van der Waals surface area contributed by atoms with Crippen LogP contribution in [0, 0.1) is 5.82 Å². The number of piperazine rings is 1. The van der Waals surface area contributed by atoms with E-state index in [2.05, 4.69) is 15.3 Å². The highest BCUT2D eigenvalue weighted by atomic mass is 35.5. The standard InChI is InChI=1S/C20H22ClFN6O3/c1-13(29)24-11-15-12-28(20(30)31-15)14-2-3-17(16(22)10-14)26-6-8-27(9-7-26)19-23-5-4-18(21)25-19/h2-5,10,15H,6-9,11-12H2,1H3,(H,24,29)/t15-/m0/s1. The van der Waals surface area contributed by atoms with Crippen molar-refractivity contribution in [3.8, 4) is 0 Å². The van der Waals surface area contributed by atoms with Crippen LogP contribution in [-0.2, 0) is 9.53 Å². The Morgan fingerprint density at radius 1 is 1.26 bits per heavy atom. The van der Waals surface area contributed by atoms with E-state index in [4.69, 9.17) is 16.3 Å². The second kappa shape index (κ2) is 8.93. The molecule has 2 fully saturated rings. The van der Waals surface area contributed by atoms with Gasteiger partial charge in [0.05, 0.1) is 24.5 Å². The van der Waals surface area contributed by atoms with Crippen LogP contribution in [0.5, 0.6) is 0 Å². The first kappa shape index (κ1) is 21.1. The van der Waals surface area contributed by atoms with Crippen LogP contribution in [0.15, 0.2) is 30.5 Å². The van der Waals surface area contributed by atoms with Crippen LogP contribution in [-0.4, -0.2) is 67.3 Å². The van der Waals surface area contributed by atoms with Crippen molar-refractivity contribution in [1.82, 2.24) is 15.3 Å². The second-order valence-corrected chi connectivity index (χ2v) is 7.73. The number of aromatic nitrogens is 2. The Bertz CT molecular complexity index is 985. The highest BCUT2D eigenvalue weighted by Gasteiger charge is 2.33. The van der Waals surface area contributed by atoms with Crippen LogP contribution in [0.1, 0.15) is 6.92 Å². The lowest BCUT2D eigenvalue weighted by molar-refractivity contribution is -0.119. The molecule has 2 saturated heterocycles. The fourth-order valence-electron chi connectivity index (χ4n) is 3.64. The normalized spacial score (nSPS) is 18.9. The van der Waals surface area contributed by atoms with Crippen molar-refractivity contribution in [2.75, 3.05) is 54.0 Å². The zero-order chi connectivity index (χ0) is 22.0. The van der Waals surface area contributed by atoms with E-state index in [0.29, 0.717) is 48.7 Å². The van der Waals surface area contributed by atoms with Crippen molar-refractivity contribution < 1.29 is 18.7 Å². The van der Waals surface area contributed by atoms with E-state index in [1.165, 1.54) is 17.9 Å². The molecule has 0 saturated carbocycles. The van der Waals surface area contributed by atoms with Crippen LogP contribution in [0.25, 0.3) is 0 Å². The third-order valence-electron chi connectivity index (χ3n) is 5.21. The van der Waals surface area contributed by atoms with Crippen molar-refractivity contribution in [1.29, 1.82) is 0 Å². The van der Waals surface area contributed by atoms with Gasteiger partial charge in [0.1, 0.15) is 17.1 Å². The number of carbonyl (C=O) groups excluding carboxylic acids is 2. The molecule has 0 unspecified atom stereocenters. The monoisotopic (exact) mass is 448 g/mol. The van der Waals surface area contributed by atoms with E-state index >= 15 is 0 Å². The van der Waals surface area contributed by atoms with Gasteiger partial charge >= 0.3 is 6.09 Å². The van der Waals surface area contributed by atoms with Crippen LogP contribution in [0.3, 0.4) is 0 Å². The summed E-state index contributed by atoms with van der Waals surface area (Å²) in [6.45, 7) is 4.31. The zero-order valence-electron chi connectivity index (χ0n) is 16.9. The van der Waals surface area contributed by atoms with E-state index in [9.17, 15) is 14.0 Å². The van der Waals surface area contributed by atoms with Crippen LogP contribution < -0.4 is 20.0 Å². The highest BCUT2D eigenvalue weighted by Crippen LogP contribution is 2.29. The van der Waals surface area contributed by atoms with Gasteiger partial charge in [0.15, 0.2) is 0 Å². The third kappa shape index (κ3) is 4.79. The summed E-state index contributed by atoms with van der Waals surface area (Å²) in [5.41, 5.74) is 0.889. The fraction of sp³-hybridized carbons (Fsp3) is 0.400. The number of halogens is 2. The summed E-state index contributed by atoms with van der Waals surface area (Å²) in [5, 5.41) is 3.00. The molecule has 0 aliphatic carbocycles. The minimum atomic E-state index is -0.558. The number of nitrogens with zero attached hydrogens (tertiary/aromatic N) is 5. The molecule has 2 amide bonds. The molecule has 11 heteroatoms.